The van der Waals surface area contributed by atoms with Crippen molar-refractivity contribution in [3.8, 4) is 0 Å². The van der Waals surface area contributed by atoms with Gasteiger partial charge in [0.15, 0.2) is 0 Å². The molecule has 2 amide bonds. The number of hydrogen-bond acceptors (Lipinski definition) is 5. The minimum Gasteiger partial charge on any atom is -0.379 e. The van der Waals surface area contributed by atoms with Crippen LogP contribution in [0.5, 0.6) is 0 Å². The minimum atomic E-state index is -1.18. The van der Waals surface area contributed by atoms with Crippen LogP contribution in [0.1, 0.15) is 50.7 Å². The molecule has 0 bridgehead atoms. The van der Waals surface area contributed by atoms with E-state index < -0.39 is 29.2 Å². The molecule has 3 N–H and O–H groups in total. The molecule has 0 radical (unpaired) electrons. The van der Waals surface area contributed by atoms with Gasteiger partial charge in [-0.3, -0.25) is 14.5 Å². The van der Waals surface area contributed by atoms with Gasteiger partial charge in [-0.1, -0.05) is 50.0 Å². The molecule has 4 atom stereocenters. The summed E-state index contributed by atoms with van der Waals surface area (Å²) in [7, 11) is 0. The fraction of sp³-hybridized carbons (Fsp3) is 0.533. The first-order chi connectivity index (χ1) is 19.0. The van der Waals surface area contributed by atoms with Crippen molar-refractivity contribution in [2.75, 3.05) is 44.7 Å². The highest BCUT2D eigenvalue weighted by Gasteiger charge is 2.65. The number of carbonyl (C=O) groups is 2. The first-order valence-corrected chi connectivity index (χ1v) is 14.7. The van der Waals surface area contributed by atoms with E-state index in [-0.39, 0.29) is 22.3 Å². The molecule has 0 saturated carbocycles. The van der Waals surface area contributed by atoms with Crippen molar-refractivity contribution in [2.45, 2.75) is 57.0 Å². The number of halogens is 3. The van der Waals surface area contributed by atoms with Crippen molar-refractivity contribution in [3.05, 3.63) is 63.4 Å². The maximum absolute atomic E-state index is 14.8. The first-order valence-electron chi connectivity index (χ1n) is 13.9. The molecule has 2 aromatic rings. The Labute approximate surface area is 245 Å². The summed E-state index contributed by atoms with van der Waals surface area (Å²) in [5.41, 5.74) is 0.503. The number of carbonyl (C=O) groups excluding carboxylic acids is 2. The smallest absolute Gasteiger partial charge is 0.237 e. The van der Waals surface area contributed by atoms with E-state index in [0.717, 1.165) is 44.8 Å². The van der Waals surface area contributed by atoms with Crippen molar-refractivity contribution in [1.82, 2.24) is 15.5 Å². The molecule has 2 aromatic carbocycles. The molecule has 216 valence electrons. The SMILES string of the molecule is CC(C)(C)CC1NC(C(=O)NCCCN2CCOCC2)C(c2cc(F)cc(Cl)c2)C12C(=O)Nc1cc(Cl)ccc12. The van der Waals surface area contributed by atoms with Gasteiger partial charge in [-0.2, -0.15) is 0 Å². The molecule has 3 aliphatic rings. The van der Waals surface area contributed by atoms with E-state index in [9.17, 15) is 14.0 Å². The molecule has 2 saturated heterocycles. The van der Waals surface area contributed by atoms with Gasteiger partial charge in [0.1, 0.15) is 11.2 Å². The second-order valence-electron chi connectivity index (χ2n) is 12.3. The van der Waals surface area contributed by atoms with Gasteiger partial charge in [0.25, 0.3) is 0 Å². The number of amides is 2. The lowest BCUT2D eigenvalue weighted by molar-refractivity contribution is -0.123. The Bertz CT molecular complexity index is 1260. The second-order valence-corrected chi connectivity index (χ2v) is 13.1. The average molecular weight is 592 g/mol. The Morgan fingerprint density at radius 2 is 1.90 bits per heavy atom. The zero-order valence-corrected chi connectivity index (χ0v) is 24.7. The lowest BCUT2D eigenvalue weighted by Gasteiger charge is -2.37. The Kier molecular flexibility index (Phi) is 8.47. The monoisotopic (exact) mass is 590 g/mol. The number of rotatable bonds is 7. The Morgan fingerprint density at radius 1 is 1.15 bits per heavy atom. The summed E-state index contributed by atoms with van der Waals surface area (Å²) in [6.45, 7) is 10.9. The highest BCUT2D eigenvalue weighted by molar-refractivity contribution is 6.31. The number of anilines is 1. The van der Waals surface area contributed by atoms with E-state index in [0.29, 0.717) is 29.2 Å². The quantitative estimate of drug-likeness (QED) is 0.406. The Balaban J connectivity index is 1.53. The third-order valence-electron chi connectivity index (χ3n) is 8.20. The van der Waals surface area contributed by atoms with Crippen LogP contribution in [0.3, 0.4) is 0 Å². The zero-order chi connectivity index (χ0) is 28.7. The second kappa shape index (κ2) is 11.6. The lowest BCUT2D eigenvalue weighted by atomic mass is 9.62. The molecular weight excluding hydrogens is 554 g/mol. The largest absolute Gasteiger partial charge is 0.379 e. The van der Waals surface area contributed by atoms with Crippen LogP contribution in [-0.4, -0.2) is 68.2 Å². The molecule has 7 nitrogen and oxygen atoms in total. The third-order valence-corrected chi connectivity index (χ3v) is 8.66. The van der Waals surface area contributed by atoms with Crippen molar-refractivity contribution < 1.29 is 18.7 Å². The standard InChI is InChI=1S/C30H37Cl2FN4O3/c1-29(2,3)17-24-30(22-6-5-19(31)16-23(22)35-28(30)39)25(18-13-20(32)15-21(33)14-18)26(36-24)27(38)34-7-4-8-37-9-11-40-12-10-37/h5-6,13-16,24-26,36H,4,7-12,17H2,1-3H3,(H,34,38)(H,35,39). The molecule has 40 heavy (non-hydrogen) atoms. The average Bonchev–Trinajstić information content (AvgIpc) is 3.35. The van der Waals surface area contributed by atoms with Crippen molar-refractivity contribution in [3.63, 3.8) is 0 Å². The Hall–Kier alpha value is -2.23. The molecule has 5 rings (SSSR count). The third kappa shape index (κ3) is 5.74. The highest BCUT2D eigenvalue weighted by atomic mass is 35.5. The van der Waals surface area contributed by atoms with Crippen LogP contribution in [0.4, 0.5) is 10.1 Å². The van der Waals surface area contributed by atoms with E-state index in [1.54, 1.807) is 18.2 Å². The maximum atomic E-state index is 14.8. The molecule has 3 aliphatic heterocycles. The fourth-order valence-corrected chi connectivity index (χ4v) is 7.03. The van der Waals surface area contributed by atoms with Crippen LogP contribution in [0, 0.1) is 11.2 Å². The molecule has 3 heterocycles. The van der Waals surface area contributed by atoms with Gasteiger partial charge in [-0.05, 0) is 66.3 Å². The summed E-state index contributed by atoms with van der Waals surface area (Å²) in [6.07, 6.45) is 1.39. The first kappa shape index (κ1) is 29.3. The van der Waals surface area contributed by atoms with Crippen LogP contribution in [-0.2, 0) is 19.7 Å². The number of hydrogen-bond donors (Lipinski definition) is 3. The van der Waals surface area contributed by atoms with Crippen molar-refractivity contribution in [1.29, 1.82) is 0 Å². The number of fused-ring (bicyclic) bond motifs is 2. The van der Waals surface area contributed by atoms with Crippen molar-refractivity contribution in [2.24, 2.45) is 5.41 Å². The van der Waals surface area contributed by atoms with Gasteiger partial charge in [-0.15, -0.1) is 0 Å². The van der Waals surface area contributed by atoms with E-state index in [1.165, 1.54) is 12.1 Å². The van der Waals surface area contributed by atoms with E-state index >= 15 is 0 Å². The predicted molar refractivity (Wildman–Crippen MR) is 156 cm³/mol. The van der Waals surface area contributed by atoms with Crippen LogP contribution < -0.4 is 16.0 Å². The molecule has 2 fully saturated rings. The summed E-state index contributed by atoms with van der Waals surface area (Å²) in [5, 5.41) is 10.4. The zero-order valence-electron chi connectivity index (χ0n) is 23.2. The molecule has 1 spiro atoms. The molecule has 0 aromatic heterocycles. The van der Waals surface area contributed by atoms with Crippen LogP contribution in [0.15, 0.2) is 36.4 Å². The van der Waals surface area contributed by atoms with Gasteiger partial charge in [0, 0.05) is 47.3 Å². The fourth-order valence-electron chi connectivity index (χ4n) is 6.63. The number of morpholine rings is 1. The van der Waals surface area contributed by atoms with Gasteiger partial charge in [-0.25, -0.2) is 4.39 Å². The van der Waals surface area contributed by atoms with Crippen molar-refractivity contribution >= 4 is 40.7 Å². The molecule has 0 aliphatic carbocycles. The van der Waals surface area contributed by atoms with Crippen LogP contribution >= 0.6 is 23.2 Å². The van der Waals surface area contributed by atoms with Gasteiger partial charge < -0.3 is 20.7 Å². The summed E-state index contributed by atoms with van der Waals surface area (Å²) < 4.78 is 20.2. The number of ether oxygens (including phenoxy) is 1. The number of nitrogens with zero attached hydrogens (tertiary/aromatic N) is 1. The Morgan fingerprint density at radius 3 is 2.60 bits per heavy atom. The lowest BCUT2D eigenvalue weighted by Crippen LogP contribution is -2.49. The highest BCUT2D eigenvalue weighted by Crippen LogP contribution is 2.56. The van der Waals surface area contributed by atoms with E-state index in [1.807, 2.05) is 6.07 Å². The van der Waals surface area contributed by atoms with Gasteiger partial charge >= 0.3 is 0 Å². The van der Waals surface area contributed by atoms with Gasteiger partial charge in [0.05, 0.1) is 19.3 Å². The number of benzene rings is 2. The normalized spacial score (nSPS) is 26.6. The summed E-state index contributed by atoms with van der Waals surface area (Å²) >= 11 is 12.6. The van der Waals surface area contributed by atoms with E-state index in [2.05, 4.69) is 41.6 Å². The molecule has 10 heteroatoms. The van der Waals surface area contributed by atoms with Crippen LogP contribution in [0.25, 0.3) is 0 Å². The summed E-state index contributed by atoms with van der Waals surface area (Å²) in [5.74, 6) is -1.69. The molecule has 4 unspecified atom stereocenters. The predicted octanol–water partition coefficient (Wildman–Crippen LogP) is 4.72. The topological polar surface area (TPSA) is 82.7 Å². The van der Waals surface area contributed by atoms with E-state index in [4.69, 9.17) is 27.9 Å². The van der Waals surface area contributed by atoms with Gasteiger partial charge in [0.2, 0.25) is 11.8 Å². The minimum absolute atomic E-state index is 0.173. The molecular formula is C30H37Cl2FN4O3. The number of nitrogens with one attached hydrogen (secondary N) is 3. The maximum Gasteiger partial charge on any atom is 0.237 e. The summed E-state index contributed by atoms with van der Waals surface area (Å²) in [6, 6.07) is 8.42. The van der Waals surface area contributed by atoms with Crippen LogP contribution in [0.2, 0.25) is 10.0 Å². The summed E-state index contributed by atoms with van der Waals surface area (Å²) in [4.78, 5) is 30.4.